The maximum Gasteiger partial charge on any atom is 0.167 e. The lowest BCUT2D eigenvalue weighted by Gasteiger charge is -2.17. The smallest absolute Gasteiger partial charge is 0.167 e. The summed E-state index contributed by atoms with van der Waals surface area (Å²) in [5.41, 5.74) is 14.2. The van der Waals surface area contributed by atoms with Gasteiger partial charge < -0.3 is 25.7 Å². The summed E-state index contributed by atoms with van der Waals surface area (Å²) in [4.78, 5) is 4.20. The minimum Gasteiger partial charge on any atom is -0.385 e. The van der Waals surface area contributed by atoms with Crippen LogP contribution in [0.4, 0.5) is 0 Å². The van der Waals surface area contributed by atoms with Crippen molar-refractivity contribution in [1.82, 2.24) is 14.7 Å². The molecule has 0 radical (unpaired) electrons. The van der Waals surface area contributed by atoms with E-state index < -0.39 is 6.10 Å². The van der Waals surface area contributed by atoms with Gasteiger partial charge >= 0.3 is 0 Å². The zero-order valence-corrected chi connectivity index (χ0v) is 15.7. The number of nitrogens with two attached hydrogens (primary N) is 2. The summed E-state index contributed by atoms with van der Waals surface area (Å²) < 4.78 is 7.36. The van der Waals surface area contributed by atoms with Gasteiger partial charge in [-0.15, -0.1) is 0 Å². The Hall–Kier alpha value is -2.92. The molecule has 1 aliphatic rings. The number of imidazole rings is 1. The van der Waals surface area contributed by atoms with Gasteiger partial charge in [-0.05, 0) is 44.0 Å². The van der Waals surface area contributed by atoms with E-state index in [1.165, 1.54) is 0 Å². The predicted octanol–water partition coefficient (Wildman–Crippen LogP) is 1.98. The molecule has 7 heteroatoms. The van der Waals surface area contributed by atoms with Crippen molar-refractivity contribution in [2.24, 2.45) is 11.5 Å². The van der Waals surface area contributed by atoms with Crippen LogP contribution in [0.5, 0.6) is 0 Å². The van der Waals surface area contributed by atoms with Crippen LogP contribution < -0.4 is 11.5 Å². The molecule has 1 aromatic carbocycles. The number of benzene rings is 1. The number of hydrogen-bond acceptors (Lipinski definition) is 6. The fourth-order valence-electron chi connectivity index (χ4n) is 3.04. The lowest BCUT2D eigenvalue weighted by Crippen LogP contribution is -2.22. The summed E-state index contributed by atoms with van der Waals surface area (Å²) in [6, 6.07) is 9.37. The van der Waals surface area contributed by atoms with E-state index in [9.17, 15) is 5.11 Å². The first-order valence-electron chi connectivity index (χ1n) is 9.29. The fourth-order valence-corrected chi connectivity index (χ4v) is 3.04. The van der Waals surface area contributed by atoms with E-state index in [0.29, 0.717) is 23.8 Å². The molecule has 0 spiro atoms. The predicted molar refractivity (Wildman–Crippen MR) is 105 cm³/mol. The van der Waals surface area contributed by atoms with E-state index >= 15 is 0 Å². The molecule has 2 unspecified atom stereocenters. The van der Waals surface area contributed by atoms with E-state index in [2.05, 4.69) is 22.0 Å². The van der Waals surface area contributed by atoms with Crippen molar-refractivity contribution in [2.45, 2.75) is 37.5 Å². The van der Waals surface area contributed by atoms with Crippen LogP contribution in [0, 0.1) is 11.8 Å². The zero-order chi connectivity index (χ0) is 19.7. The molecule has 2 atom stereocenters. The number of nitrogens with zero attached hydrogens (tertiary/aromatic N) is 3. The molecule has 2 aromatic heterocycles. The van der Waals surface area contributed by atoms with Crippen molar-refractivity contribution in [1.29, 1.82) is 0 Å². The second-order valence-corrected chi connectivity index (χ2v) is 7.22. The van der Waals surface area contributed by atoms with E-state index in [0.717, 1.165) is 24.0 Å². The van der Waals surface area contributed by atoms with Crippen LogP contribution in [-0.4, -0.2) is 31.9 Å². The summed E-state index contributed by atoms with van der Waals surface area (Å²) >= 11 is 0. The first kappa shape index (κ1) is 18.4. The normalized spacial score (nSPS) is 16.9. The maximum atomic E-state index is 9.90. The average Bonchev–Trinajstić information content (AvgIpc) is 3.10. The molecule has 3 aromatic rings. The quantitative estimate of drug-likeness (QED) is 0.586. The van der Waals surface area contributed by atoms with Gasteiger partial charge in [-0.1, -0.05) is 17.0 Å². The minimum atomic E-state index is -0.702. The van der Waals surface area contributed by atoms with E-state index in [1.54, 1.807) is 19.3 Å². The highest BCUT2D eigenvalue weighted by atomic mass is 16.5. The van der Waals surface area contributed by atoms with Gasteiger partial charge in [0.2, 0.25) is 0 Å². The first-order valence-corrected chi connectivity index (χ1v) is 9.29. The van der Waals surface area contributed by atoms with Crippen molar-refractivity contribution in [2.75, 3.05) is 6.54 Å². The second-order valence-electron chi connectivity index (χ2n) is 7.22. The summed E-state index contributed by atoms with van der Waals surface area (Å²) in [7, 11) is 0. The number of aliphatic hydroxyl groups excluding tert-OH is 1. The molecule has 0 saturated heterocycles. The Balaban J connectivity index is 1.56. The summed E-state index contributed by atoms with van der Waals surface area (Å²) in [5, 5.41) is 14.1. The topological polar surface area (TPSA) is 116 Å². The number of aromatic nitrogens is 3. The zero-order valence-electron chi connectivity index (χ0n) is 15.7. The Morgan fingerprint density at radius 2 is 2.07 bits per heavy atom. The van der Waals surface area contributed by atoms with Crippen LogP contribution >= 0.6 is 0 Å². The maximum absolute atomic E-state index is 9.90. The molecule has 0 amide bonds. The Morgan fingerprint density at radius 1 is 1.32 bits per heavy atom. The number of aliphatic hydroxyl groups is 1. The molecule has 1 saturated carbocycles. The van der Waals surface area contributed by atoms with Crippen molar-refractivity contribution in [3.63, 3.8) is 0 Å². The third kappa shape index (κ3) is 3.71. The van der Waals surface area contributed by atoms with Gasteiger partial charge in [0, 0.05) is 36.1 Å². The van der Waals surface area contributed by atoms with Crippen molar-refractivity contribution in [3.05, 3.63) is 59.8 Å². The standard InChI is InChI=1S/C21H23N5O2/c1-14(27)20-24-10-11-26(20)18(13-22)17-12-19(28-25-17)16-4-2-15(3-5-16)6-7-21(23)8-9-21/h2-5,10-12,14,18,27H,8-9,13,22-23H2,1H3. The Bertz CT molecular complexity index is 1020. The van der Waals surface area contributed by atoms with Crippen molar-refractivity contribution < 1.29 is 9.63 Å². The van der Waals surface area contributed by atoms with Crippen molar-refractivity contribution >= 4 is 0 Å². The molecule has 7 nitrogen and oxygen atoms in total. The van der Waals surface area contributed by atoms with Crippen LogP contribution in [0.15, 0.2) is 47.2 Å². The van der Waals surface area contributed by atoms with Gasteiger partial charge in [0.15, 0.2) is 5.76 Å². The third-order valence-corrected chi connectivity index (χ3v) is 4.91. The molecule has 28 heavy (non-hydrogen) atoms. The summed E-state index contributed by atoms with van der Waals surface area (Å²) in [6.45, 7) is 1.97. The van der Waals surface area contributed by atoms with Gasteiger partial charge in [-0.3, -0.25) is 0 Å². The molecule has 0 bridgehead atoms. The molecular formula is C21H23N5O2. The van der Waals surface area contributed by atoms with Crippen LogP contribution in [0.3, 0.4) is 0 Å². The van der Waals surface area contributed by atoms with Gasteiger partial charge in [-0.2, -0.15) is 0 Å². The molecule has 2 heterocycles. The fraction of sp³-hybridized carbons (Fsp3) is 0.333. The Kier molecular flexibility index (Phi) is 4.77. The molecule has 1 fully saturated rings. The SMILES string of the molecule is CC(O)c1nccn1C(CN)c1cc(-c2ccc(C#CC3(N)CC3)cc2)on1. The van der Waals surface area contributed by atoms with E-state index in [1.807, 2.05) is 34.9 Å². The Labute approximate surface area is 163 Å². The largest absolute Gasteiger partial charge is 0.385 e. The monoisotopic (exact) mass is 377 g/mol. The third-order valence-electron chi connectivity index (χ3n) is 4.91. The highest BCUT2D eigenvalue weighted by Gasteiger charge is 2.36. The van der Waals surface area contributed by atoms with Crippen LogP contribution in [-0.2, 0) is 0 Å². The number of hydrogen-bond donors (Lipinski definition) is 3. The molecule has 5 N–H and O–H groups in total. The average molecular weight is 377 g/mol. The molecule has 4 rings (SSSR count). The van der Waals surface area contributed by atoms with E-state index in [4.69, 9.17) is 16.0 Å². The van der Waals surface area contributed by atoms with Crippen molar-refractivity contribution in [3.8, 4) is 23.2 Å². The van der Waals surface area contributed by atoms with Gasteiger partial charge in [-0.25, -0.2) is 4.98 Å². The lowest BCUT2D eigenvalue weighted by molar-refractivity contribution is 0.182. The summed E-state index contributed by atoms with van der Waals surface area (Å²) in [5.74, 6) is 7.42. The van der Waals surface area contributed by atoms with Crippen LogP contribution in [0.25, 0.3) is 11.3 Å². The van der Waals surface area contributed by atoms with Gasteiger partial charge in [0.05, 0.1) is 11.6 Å². The molecule has 144 valence electrons. The highest BCUT2D eigenvalue weighted by molar-refractivity contribution is 5.59. The highest BCUT2D eigenvalue weighted by Crippen LogP contribution is 2.31. The minimum absolute atomic E-state index is 0.269. The second kappa shape index (κ2) is 7.24. The molecular weight excluding hydrogens is 354 g/mol. The molecule has 1 aliphatic carbocycles. The first-order chi connectivity index (χ1) is 13.5. The Morgan fingerprint density at radius 3 is 2.71 bits per heavy atom. The summed E-state index contributed by atoms with van der Waals surface area (Å²) in [6.07, 6.45) is 4.65. The molecule has 0 aliphatic heterocycles. The lowest BCUT2D eigenvalue weighted by atomic mass is 10.1. The van der Waals surface area contributed by atoms with Gasteiger partial charge in [0.25, 0.3) is 0 Å². The number of rotatable bonds is 5. The van der Waals surface area contributed by atoms with Crippen LogP contribution in [0.2, 0.25) is 0 Å². The van der Waals surface area contributed by atoms with Gasteiger partial charge in [0.1, 0.15) is 17.6 Å². The van der Waals surface area contributed by atoms with Crippen LogP contribution in [0.1, 0.15) is 49.0 Å². The van der Waals surface area contributed by atoms with E-state index in [-0.39, 0.29) is 11.6 Å².